The summed E-state index contributed by atoms with van der Waals surface area (Å²) in [5.74, 6) is -0.0348. The van der Waals surface area contributed by atoms with E-state index in [9.17, 15) is 9.59 Å². The Balaban J connectivity index is 2.50. The maximum atomic E-state index is 12.1. The van der Waals surface area contributed by atoms with E-state index in [1.165, 1.54) is 0 Å². The monoisotopic (exact) mass is 292 g/mol. The number of carbonyl (C=O) groups excluding carboxylic acids is 2. The van der Waals surface area contributed by atoms with Gasteiger partial charge in [-0.15, -0.1) is 0 Å². The van der Waals surface area contributed by atoms with Crippen molar-refractivity contribution < 1.29 is 9.59 Å². The van der Waals surface area contributed by atoms with Crippen LogP contribution in [0.25, 0.3) is 0 Å². The van der Waals surface area contributed by atoms with Crippen molar-refractivity contribution in [1.29, 1.82) is 0 Å². The third-order valence-electron chi connectivity index (χ3n) is 3.20. The van der Waals surface area contributed by atoms with Gasteiger partial charge in [-0.1, -0.05) is 12.1 Å². The summed E-state index contributed by atoms with van der Waals surface area (Å²) in [4.78, 5) is 22.4. The highest BCUT2D eigenvalue weighted by Crippen LogP contribution is 2.10. The van der Waals surface area contributed by atoms with Gasteiger partial charge in [0.25, 0.3) is 0 Å². The fourth-order valence-electron chi connectivity index (χ4n) is 1.98. The normalized spacial score (nSPS) is 11.7. The fourth-order valence-corrected chi connectivity index (χ4v) is 1.98. The van der Waals surface area contributed by atoms with Gasteiger partial charge in [0.1, 0.15) is 0 Å². The molecule has 4 N–H and O–H groups in total. The fraction of sp³-hybridized carbons (Fsp3) is 0.467. The number of benzene rings is 1. The van der Waals surface area contributed by atoms with Crippen LogP contribution >= 0.6 is 0 Å². The lowest BCUT2D eigenvalue weighted by molar-refractivity contribution is -0.118. The molecule has 0 aliphatic heterocycles. The highest BCUT2D eigenvalue weighted by Gasteiger charge is 2.15. The van der Waals surface area contributed by atoms with Crippen LogP contribution in [0.2, 0.25) is 0 Å². The Morgan fingerprint density at radius 2 is 1.95 bits per heavy atom. The van der Waals surface area contributed by atoms with Gasteiger partial charge in [-0.3, -0.25) is 9.59 Å². The summed E-state index contributed by atoms with van der Waals surface area (Å²) in [6.45, 7) is 1.38. The van der Waals surface area contributed by atoms with Gasteiger partial charge in [-0.2, -0.15) is 0 Å². The number of carbonyl (C=O) groups is 2. The lowest BCUT2D eigenvalue weighted by atomic mass is 10.1. The SMILES string of the molecule is CNCCCC(NC)C(=O)Nc1ccc(CNC=O)cc1. The van der Waals surface area contributed by atoms with Crippen molar-refractivity contribution in [1.82, 2.24) is 16.0 Å². The predicted octanol–water partition coefficient (Wildman–Crippen LogP) is 0.459. The molecule has 0 fully saturated rings. The van der Waals surface area contributed by atoms with Crippen LogP contribution in [0, 0.1) is 0 Å². The zero-order valence-corrected chi connectivity index (χ0v) is 12.6. The average molecular weight is 292 g/mol. The van der Waals surface area contributed by atoms with E-state index in [2.05, 4.69) is 21.3 Å². The molecule has 1 aromatic rings. The predicted molar refractivity (Wildman–Crippen MR) is 84.0 cm³/mol. The number of rotatable bonds is 10. The van der Waals surface area contributed by atoms with Crippen molar-refractivity contribution in [2.24, 2.45) is 0 Å². The molecular formula is C15H24N4O2. The van der Waals surface area contributed by atoms with Crippen molar-refractivity contribution >= 4 is 18.0 Å². The maximum absolute atomic E-state index is 12.1. The topological polar surface area (TPSA) is 82.3 Å². The molecule has 0 radical (unpaired) electrons. The summed E-state index contributed by atoms with van der Waals surface area (Å²) in [5, 5.41) is 11.6. The van der Waals surface area contributed by atoms with E-state index >= 15 is 0 Å². The first-order chi connectivity index (χ1) is 10.2. The van der Waals surface area contributed by atoms with Gasteiger partial charge >= 0.3 is 0 Å². The Morgan fingerprint density at radius 1 is 1.24 bits per heavy atom. The molecular weight excluding hydrogens is 268 g/mol. The number of likely N-dealkylation sites (N-methyl/N-ethyl adjacent to an activating group) is 1. The summed E-state index contributed by atoms with van der Waals surface area (Å²) in [7, 11) is 3.69. The molecule has 0 saturated carbocycles. The van der Waals surface area contributed by atoms with Gasteiger partial charge in [-0.25, -0.2) is 0 Å². The molecule has 21 heavy (non-hydrogen) atoms. The summed E-state index contributed by atoms with van der Waals surface area (Å²) < 4.78 is 0. The first kappa shape index (κ1) is 17.1. The molecule has 0 aliphatic carbocycles. The molecule has 2 amide bonds. The van der Waals surface area contributed by atoms with E-state index in [0.717, 1.165) is 30.6 Å². The summed E-state index contributed by atoms with van der Waals surface area (Å²) in [6.07, 6.45) is 2.38. The van der Waals surface area contributed by atoms with Crippen LogP contribution < -0.4 is 21.3 Å². The largest absolute Gasteiger partial charge is 0.355 e. The minimum absolute atomic E-state index is 0.0348. The molecule has 6 nitrogen and oxygen atoms in total. The van der Waals surface area contributed by atoms with Gasteiger partial charge in [0, 0.05) is 12.2 Å². The Hall–Kier alpha value is -1.92. The average Bonchev–Trinajstić information content (AvgIpc) is 2.51. The van der Waals surface area contributed by atoms with Gasteiger partial charge in [0.2, 0.25) is 12.3 Å². The molecule has 0 aliphatic rings. The summed E-state index contributed by atoms with van der Waals surface area (Å²) in [6, 6.07) is 7.22. The minimum atomic E-state index is -0.199. The molecule has 0 saturated heterocycles. The molecule has 116 valence electrons. The first-order valence-corrected chi connectivity index (χ1v) is 7.10. The molecule has 1 atom stereocenters. The number of nitrogens with one attached hydrogen (secondary N) is 4. The van der Waals surface area contributed by atoms with Crippen molar-refractivity contribution in [3.8, 4) is 0 Å². The maximum Gasteiger partial charge on any atom is 0.241 e. The number of anilines is 1. The van der Waals surface area contributed by atoms with Crippen LogP contribution in [0.5, 0.6) is 0 Å². The molecule has 0 heterocycles. The van der Waals surface area contributed by atoms with Crippen LogP contribution in [-0.4, -0.2) is 39.0 Å². The highest BCUT2D eigenvalue weighted by atomic mass is 16.2. The van der Waals surface area contributed by atoms with Crippen molar-refractivity contribution in [2.75, 3.05) is 26.0 Å². The summed E-state index contributed by atoms with van der Waals surface area (Å²) >= 11 is 0. The standard InChI is InChI=1S/C15H24N4O2/c1-16-9-3-4-14(17-2)15(21)19-13-7-5-12(6-8-13)10-18-11-20/h5-8,11,14,16-17H,3-4,9-10H2,1-2H3,(H,18,20)(H,19,21). The lowest BCUT2D eigenvalue weighted by Gasteiger charge is -2.16. The quantitative estimate of drug-likeness (QED) is 0.373. The van der Waals surface area contributed by atoms with E-state index in [4.69, 9.17) is 0 Å². The van der Waals surface area contributed by atoms with Crippen LogP contribution in [0.3, 0.4) is 0 Å². The van der Waals surface area contributed by atoms with Gasteiger partial charge < -0.3 is 21.3 Å². The molecule has 1 rings (SSSR count). The lowest BCUT2D eigenvalue weighted by Crippen LogP contribution is -2.38. The van der Waals surface area contributed by atoms with Crippen LogP contribution in [0.1, 0.15) is 18.4 Å². The van der Waals surface area contributed by atoms with Crippen LogP contribution in [0.4, 0.5) is 5.69 Å². The van der Waals surface area contributed by atoms with Crippen molar-refractivity contribution in [2.45, 2.75) is 25.4 Å². The third-order valence-corrected chi connectivity index (χ3v) is 3.20. The molecule has 0 aromatic heterocycles. The molecule has 1 aromatic carbocycles. The molecule has 0 spiro atoms. The smallest absolute Gasteiger partial charge is 0.241 e. The van der Waals surface area contributed by atoms with E-state index in [1.807, 2.05) is 31.3 Å². The Morgan fingerprint density at radius 3 is 2.52 bits per heavy atom. The van der Waals surface area contributed by atoms with E-state index in [0.29, 0.717) is 13.0 Å². The van der Waals surface area contributed by atoms with Crippen molar-refractivity contribution in [3.05, 3.63) is 29.8 Å². The Bertz CT molecular complexity index is 434. The Labute approximate surface area is 125 Å². The second kappa shape index (κ2) is 9.90. The first-order valence-electron chi connectivity index (χ1n) is 7.10. The van der Waals surface area contributed by atoms with E-state index in [-0.39, 0.29) is 11.9 Å². The van der Waals surface area contributed by atoms with Gasteiger partial charge in [0.05, 0.1) is 6.04 Å². The number of hydrogen-bond acceptors (Lipinski definition) is 4. The Kier molecular flexibility index (Phi) is 8.08. The molecule has 1 unspecified atom stereocenters. The molecule has 6 heteroatoms. The minimum Gasteiger partial charge on any atom is -0.355 e. The van der Waals surface area contributed by atoms with E-state index < -0.39 is 0 Å². The highest BCUT2D eigenvalue weighted by molar-refractivity contribution is 5.94. The molecule has 0 bridgehead atoms. The number of hydrogen-bond donors (Lipinski definition) is 4. The van der Waals surface area contributed by atoms with Gasteiger partial charge in [0.15, 0.2) is 0 Å². The van der Waals surface area contributed by atoms with E-state index in [1.54, 1.807) is 7.05 Å². The summed E-state index contributed by atoms with van der Waals surface area (Å²) in [5.41, 5.74) is 1.74. The van der Waals surface area contributed by atoms with Crippen LogP contribution in [0.15, 0.2) is 24.3 Å². The second-order valence-electron chi connectivity index (χ2n) is 4.77. The third kappa shape index (κ3) is 6.37. The second-order valence-corrected chi connectivity index (χ2v) is 4.77. The van der Waals surface area contributed by atoms with Crippen LogP contribution in [-0.2, 0) is 16.1 Å². The number of amides is 2. The van der Waals surface area contributed by atoms with Crippen molar-refractivity contribution in [3.63, 3.8) is 0 Å². The zero-order valence-electron chi connectivity index (χ0n) is 12.6. The van der Waals surface area contributed by atoms with Gasteiger partial charge in [-0.05, 0) is 51.2 Å². The zero-order chi connectivity index (χ0) is 15.5.